The number of furan rings is 1. The predicted octanol–water partition coefficient (Wildman–Crippen LogP) is 5.17. The Bertz CT molecular complexity index is 1400. The van der Waals surface area contributed by atoms with Gasteiger partial charge in [0.15, 0.2) is 0 Å². The first kappa shape index (κ1) is 19.7. The monoisotopic (exact) mass is 420 g/mol. The van der Waals surface area contributed by atoms with Gasteiger partial charge in [-0.2, -0.15) is 0 Å². The van der Waals surface area contributed by atoms with Crippen LogP contribution in [0, 0.1) is 18.8 Å². The summed E-state index contributed by atoms with van der Waals surface area (Å²) in [6, 6.07) is 22.9. The minimum absolute atomic E-state index is 0.176. The Morgan fingerprint density at radius 2 is 1.75 bits per heavy atom. The zero-order valence-electron chi connectivity index (χ0n) is 17.5. The Balaban J connectivity index is 1.53. The highest BCUT2D eigenvalue weighted by atomic mass is 16.5. The molecule has 0 saturated carbocycles. The van der Waals surface area contributed by atoms with Crippen LogP contribution in [-0.2, 0) is 4.74 Å². The summed E-state index contributed by atoms with van der Waals surface area (Å²) < 4.78 is 11.5. The van der Waals surface area contributed by atoms with Gasteiger partial charge in [-0.25, -0.2) is 4.99 Å². The highest BCUT2D eigenvalue weighted by Gasteiger charge is 2.22. The molecule has 0 aliphatic carbocycles. The van der Waals surface area contributed by atoms with Crippen molar-refractivity contribution in [3.8, 4) is 11.8 Å². The van der Waals surface area contributed by atoms with Crippen molar-refractivity contribution >= 4 is 28.5 Å². The Labute approximate surface area is 185 Å². The fourth-order valence-electron chi connectivity index (χ4n) is 3.56. The molecule has 5 heteroatoms. The highest BCUT2D eigenvalue weighted by molar-refractivity contribution is 6.11. The average Bonchev–Trinajstić information content (AvgIpc) is 3.47. The summed E-state index contributed by atoms with van der Waals surface area (Å²) in [6.45, 7) is 3.18. The minimum atomic E-state index is -0.375. The molecule has 1 aliphatic rings. The van der Waals surface area contributed by atoms with Crippen LogP contribution in [0.5, 0.6) is 0 Å². The Morgan fingerprint density at radius 3 is 2.56 bits per heavy atom. The fourth-order valence-corrected chi connectivity index (χ4v) is 3.56. The SMILES string of the molecule is Cc1ccc(C#Cc2c(C(=O)Nc3ccccc3C3=NCCO3)oc3ccccc23)cc1. The van der Waals surface area contributed by atoms with Gasteiger partial charge in [-0.3, -0.25) is 4.79 Å². The Kier molecular flexibility index (Phi) is 5.19. The van der Waals surface area contributed by atoms with Crippen LogP contribution in [0.3, 0.4) is 0 Å². The molecule has 2 heterocycles. The first-order valence-corrected chi connectivity index (χ1v) is 10.4. The maximum atomic E-state index is 13.3. The number of amides is 1. The zero-order valence-corrected chi connectivity index (χ0v) is 17.5. The van der Waals surface area contributed by atoms with E-state index in [1.165, 1.54) is 5.56 Å². The Morgan fingerprint density at radius 1 is 0.969 bits per heavy atom. The van der Waals surface area contributed by atoms with E-state index < -0.39 is 0 Å². The molecule has 4 aromatic rings. The van der Waals surface area contributed by atoms with Crippen molar-refractivity contribution in [3.05, 3.63) is 101 Å². The molecule has 1 aliphatic heterocycles. The maximum absolute atomic E-state index is 13.3. The third-order valence-electron chi connectivity index (χ3n) is 5.18. The Hall–Kier alpha value is -4.30. The van der Waals surface area contributed by atoms with E-state index in [1.54, 1.807) is 0 Å². The van der Waals surface area contributed by atoms with Gasteiger partial charge in [0.25, 0.3) is 5.91 Å². The molecule has 5 nitrogen and oxygen atoms in total. The van der Waals surface area contributed by atoms with Crippen LogP contribution in [0.4, 0.5) is 5.69 Å². The van der Waals surface area contributed by atoms with Crippen molar-refractivity contribution in [2.75, 3.05) is 18.5 Å². The van der Waals surface area contributed by atoms with Crippen molar-refractivity contribution in [3.63, 3.8) is 0 Å². The second-order valence-corrected chi connectivity index (χ2v) is 7.45. The van der Waals surface area contributed by atoms with E-state index in [2.05, 4.69) is 22.2 Å². The van der Waals surface area contributed by atoms with Gasteiger partial charge in [-0.1, -0.05) is 53.8 Å². The lowest BCUT2D eigenvalue weighted by Crippen LogP contribution is -2.15. The molecule has 0 radical (unpaired) electrons. The number of ether oxygens (including phenoxy) is 1. The second-order valence-electron chi connectivity index (χ2n) is 7.45. The first-order chi connectivity index (χ1) is 15.7. The van der Waals surface area contributed by atoms with Gasteiger partial charge < -0.3 is 14.5 Å². The number of nitrogens with zero attached hydrogens (tertiary/aromatic N) is 1. The number of aliphatic imine (C=N–C) groups is 1. The summed E-state index contributed by atoms with van der Waals surface area (Å²) in [5.41, 5.74) is 4.55. The van der Waals surface area contributed by atoms with Crippen molar-refractivity contribution < 1.29 is 13.9 Å². The summed E-state index contributed by atoms with van der Waals surface area (Å²) in [5.74, 6) is 6.64. The fraction of sp³-hybridized carbons (Fsp3) is 0.111. The van der Waals surface area contributed by atoms with E-state index in [4.69, 9.17) is 9.15 Å². The lowest BCUT2D eigenvalue weighted by atomic mass is 10.1. The molecule has 3 aromatic carbocycles. The van der Waals surface area contributed by atoms with Crippen LogP contribution in [0.25, 0.3) is 11.0 Å². The van der Waals surface area contributed by atoms with Gasteiger partial charge in [-0.15, -0.1) is 0 Å². The van der Waals surface area contributed by atoms with Crippen molar-refractivity contribution in [2.45, 2.75) is 6.92 Å². The number of hydrogen-bond donors (Lipinski definition) is 1. The van der Waals surface area contributed by atoms with Crippen LogP contribution in [0.2, 0.25) is 0 Å². The molecule has 1 N–H and O–H groups in total. The summed E-state index contributed by atoms with van der Waals surface area (Å²) >= 11 is 0. The van der Waals surface area contributed by atoms with E-state index in [9.17, 15) is 4.79 Å². The standard InChI is InChI=1S/C27H20N2O3/c1-18-10-12-19(13-11-18)14-15-21-20-6-3-5-9-24(20)32-25(21)26(30)29-23-8-4-2-7-22(23)27-28-16-17-31-27/h2-13H,16-17H2,1H3,(H,29,30). The number of benzene rings is 3. The molecule has 32 heavy (non-hydrogen) atoms. The molecule has 5 rings (SSSR count). The second kappa shape index (κ2) is 8.44. The van der Waals surface area contributed by atoms with Gasteiger partial charge in [0.05, 0.1) is 23.4 Å². The molecule has 156 valence electrons. The molecule has 0 fully saturated rings. The van der Waals surface area contributed by atoms with E-state index in [0.29, 0.717) is 35.9 Å². The number of carbonyl (C=O) groups excluding carboxylic acids is 1. The van der Waals surface area contributed by atoms with Crippen molar-refractivity contribution in [2.24, 2.45) is 4.99 Å². The number of aryl methyl sites for hydroxylation is 1. The van der Waals surface area contributed by atoms with Gasteiger partial charge >= 0.3 is 0 Å². The van der Waals surface area contributed by atoms with Gasteiger partial charge in [0.1, 0.15) is 12.2 Å². The van der Waals surface area contributed by atoms with Crippen LogP contribution < -0.4 is 5.32 Å². The zero-order chi connectivity index (χ0) is 21.9. The summed E-state index contributed by atoms with van der Waals surface area (Å²) in [7, 11) is 0. The topological polar surface area (TPSA) is 63.8 Å². The lowest BCUT2D eigenvalue weighted by Gasteiger charge is -2.10. The largest absolute Gasteiger partial charge is 0.475 e. The van der Waals surface area contributed by atoms with Gasteiger partial charge in [0.2, 0.25) is 11.7 Å². The molecule has 1 amide bonds. The van der Waals surface area contributed by atoms with E-state index in [0.717, 1.165) is 16.5 Å². The molecule has 1 aromatic heterocycles. The van der Waals surface area contributed by atoms with Crippen LogP contribution >= 0.6 is 0 Å². The van der Waals surface area contributed by atoms with Crippen LogP contribution in [0.1, 0.15) is 32.8 Å². The molecule has 0 saturated heterocycles. The van der Waals surface area contributed by atoms with E-state index in [1.807, 2.05) is 79.7 Å². The predicted molar refractivity (Wildman–Crippen MR) is 125 cm³/mol. The molecule has 0 bridgehead atoms. The summed E-state index contributed by atoms with van der Waals surface area (Å²) in [5, 5.41) is 3.75. The number of para-hydroxylation sites is 2. The minimum Gasteiger partial charge on any atom is -0.475 e. The number of fused-ring (bicyclic) bond motifs is 1. The van der Waals surface area contributed by atoms with Crippen LogP contribution in [-0.4, -0.2) is 25.0 Å². The molecule has 0 atom stereocenters. The van der Waals surface area contributed by atoms with Crippen LogP contribution in [0.15, 0.2) is 82.2 Å². The molecular formula is C27H20N2O3. The molecule has 0 spiro atoms. The average molecular weight is 420 g/mol. The number of hydrogen-bond acceptors (Lipinski definition) is 4. The number of anilines is 1. The molecular weight excluding hydrogens is 400 g/mol. The smallest absolute Gasteiger partial charge is 0.292 e. The number of nitrogens with one attached hydrogen (secondary N) is 1. The molecule has 0 unspecified atom stereocenters. The first-order valence-electron chi connectivity index (χ1n) is 10.4. The van der Waals surface area contributed by atoms with Crippen molar-refractivity contribution in [1.82, 2.24) is 0 Å². The normalized spacial score (nSPS) is 12.6. The quantitative estimate of drug-likeness (QED) is 0.465. The van der Waals surface area contributed by atoms with Gasteiger partial charge in [-0.05, 0) is 43.3 Å². The lowest BCUT2D eigenvalue weighted by molar-refractivity contribution is 0.0998. The third-order valence-corrected chi connectivity index (χ3v) is 5.18. The van der Waals surface area contributed by atoms with E-state index in [-0.39, 0.29) is 11.7 Å². The van der Waals surface area contributed by atoms with Gasteiger partial charge in [0, 0.05) is 10.9 Å². The highest BCUT2D eigenvalue weighted by Crippen LogP contribution is 2.27. The summed E-state index contributed by atoms with van der Waals surface area (Å²) in [6.07, 6.45) is 0. The number of rotatable bonds is 3. The summed E-state index contributed by atoms with van der Waals surface area (Å²) in [4.78, 5) is 17.6. The van der Waals surface area contributed by atoms with E-state index >= 15 is 0 Å². The maximum Gasteiger partial charge on any atom is 0.292 e. The van der Waals surface area contributed by atoms with Crippen molar-refractivity contribution in [1.29, 1.82) is 0 Å². The number of carbonyl (C=O) groups is 1. The third kappa shape index (κ3) is 3.86.